The topological polar surface area (TPSA) is 562 Å². The molecule has 0 saturated carbocycles. The van der Waals surface area contributed by atoms with Gasteiger partial charge in [-0.3, -0.25) is 62.3 Å². The van der Waals surface area contributed by atoms with Crippen molar-refractivity contribution in [1.82, 2.24) is 77.4 Å². The first-order chi connectivity index (χ1) is 55.2. The van der Waals surface area contributed by atoms with Gasteiger partial charge in [-0.25, -0.2) is 27.5 Å². The number of aliphatic hydroxyl groups is 2. The van der Waals surface area contributed by atoms with E-state index in [1.54, 1.807) is 62.6 Å². The molecule has 632 valence electrons. The number of aryl methyl sites for hydroxylation is 2. The van der Waals surface area contributed by atoms with E-state index in [4.69, 9.17) is 26.8 Å². The average molecular weight is 1670 g/mol. The van der Waals surface area contributed by atoms with E-state index >= 15 is 4.39 Å². The Bertz CT molecular complexity index is 4680. The zero-order chi connectivity index (χ0) is 86.2. The summed E-state index contributed by atoms with van der Waals surface area (Å²) in [6, 6.07) is 7.96. The number of carboxylic acids is 2. The quantitative estimate of drug-likeness (QED) is 0.0229. The number of nitrogens with two attached hydrogens (primary N) is 1. The lowest BCUT2D eigenvalue weighted by Crippen LogP contribution is -2.67. The van der Waals surface area contributed by atoms with E-state index in [0.717, 1.165) is 54.7 Å². The molecule has 11 amide bonds. The molecule has 1 aliphatic rings. The number of carbonyl (C=O) groups is 13. The van der Waals surface area contributed by atoms with Crippen LogP contribution in [0.4, 0.5) is 4.39 Å². The summed E-state index contributed by atoms with van der Waals surface area (Å²) in [4.78, 5) is 196. The Morgan fingerprint density at radius 2 is 1.30 bits per heavy atom. The van der Waals surface area contributed by atoms with Crippen molar-refractivity contribution in [1.29, 1.82) is 0 Å². The van der Waals surface area contributed by atoms with Gasteiger partial charge in [-0.15, -0.1) is 0 Å². The molecule has 18 N–H and O–H groups in total. The number of carboxylic acid groups (broad SMARTS) is 2. The number of aliphatic carboxylic acids is 2. The van der Waals surface area contributed by atoms with E-state index in [9.17, 15) is 91.2 Å². The highest BCUT2D eigenvalue weighted by Crippen LogP contribution is 2.32. The third kappa shape index (κ3) is 26.8. The lowest BCUT2D eigenvalue weighted by molar-refractivity contribution is -0.146. The zero-order valence-corrected chi connectivity index (χ0v) is 66.9. The molecule has 0 unspecified atom stereocenters. The molecule has 37 nitrogen and oxygen atoms in total. The average Bonchev–Trinajstić information content (AvgIpc) is 1.65. The Hall–Kier alpha value is -11.9. The van der Waals surface area contributed by atoms with Crippen molar-refractivity contribution in [3.8, 4) is 22.6 Å². The maximum Gasteiger partial charge on any atom is 0.305 e. The van der Waals surface area contributed by atoms with Crippen LogP contribution in [0.25, 0.3) is 11.1 Å². The SMILES string of the molecule is CCc1cc(OC)ccc1-c1ccc(C[C@H](NC(=O)[C@H](CC(=O)O)NC(=O)[C@H](Cc2c[nH]cn2)NC(=O)[C@@H](NC(=O)[C@@](C)(Cc2ccccc2F)NC(=O)[C@@H](NC(=O)CNC(=O)[C@H](CCC(=O)O)NC(=O)[C@@]2(C)CCCN2C(=O)[C@H](Cc2c[nH]cn2)NS(C)(=O)=O)[C@@H](C)O)[C@@H](C)O)C(=O)N[C@@H](CCOc2ccc(Cl)cc2C)C(N)=O)cc1. The Morgan fingerprint density at radius 3 is 1.87 bits per heavy atom. The van der Waals surface area contributed by atoms with Gasteiger partial charge in [0.2, 0.25) is 75.0 Å². The predicted octanol–water partition coefficient (Wildman–Crippen LogP) is -0.519. The lowest BCUT2D eigenvalue weighted by Gasteiger charge is -2.37. The Kier molecular flexibility index (Phi) is 33.2. The van der Waals surface area contributed by atoms with Crippen molar-refractivity contribution >= 4 is 98.5 Å². The Labute approximate surface area is 677 Å². The van der Waals surface area contributed by atoms with Crippen LogP contribution in [0.1, 0.15) is 107 Å². The molecule has 12 atom stereocenters. The fourth-order valence-corrected chi connectivity index (χ4v) is 13.9. The van der Waals surface area contributed by atoms with Gasteiger partial charge in [-0.05, 0) is 130 Å². The molecule has 1 fully saturated rings. The molecule has 1 aliphatic heterocycles. The summed E-state index contributed by atoms with van der Waals surface area (Å²) in [5.41, 5.74) is 5.47. The molecule has 0 radical (unpaired) electrons. The fourth-order valence-electron chi connectivity index (χ4n) is 13.0. The molecule has 3 heterocycles. The zero-order valence-electron chi connectivity index (χ0n) is 65.4. The van der Waals surface area contributed by atoms with Gasteiger partial charge in [0.25, 0.3) is 0 Å². The second-order valence-corrected chi connectivity index (χ2v) is 30.9. The molecule has 0 spiro atoms. The molecule has 6 aromatic rings. The summed E-state index contributed by atoms with van der Waals surface area (Å²) >= 11 is 6.12. The number of carbonyl (C=O) groups excluding carboxylic acids is 11. The van der Waals surface area contributed by atoms with Gasteiger partial charge < -0.3 is 98.4 Å². The van der Waals surface area contributed by atoms with Crippen molar-refractivity contribution in [3.63, 3.8) is 0 Å². The highest BCUT2D eigenvalue weighted by Gasteiger charge is 2.49. The van der Waals surface area contributed by atoms with E-state index in [0.29, 0.717) is 39.8 Å². The molecule has 0 bridgehead atoms. The predicted molar refractivity (Wildman–Crippen MR) is 418 cm³/mol. The number of H-pyrrole nitrogens is 2. The lowest BCUT2D eigenvalue weighted by atomic mass is 9.90. The van der Waals surface area contributed by atoms with Crippen LogP contribution >= 0.6 is 11.6 Å². The van der Waals surface area contributed by atoms with E-state index in [2.05, 4.69) is 72.5 Å². The second kappa shape index (κ2) is 42.1. The molecule has 1 saturated heterocycles. The first-order valence-corrected chi connectivity index (χ1v) is 39.4. The second-order valence-electron chi connectivity index (χ2n) is 28.7. The highest BCUT2D eigenvalue weighted by atomic mass is 35.5. The fraction of sp³-hybridized carbons (Fsp3) is 0.442. The van der Waals surface area contributed by atoms with Crippen LogP contribution in [-0.2, 0) is 104 Å². The van der Waals surface area contributed by atoms with Gasteiger partial charge in [0.1, 0.15) is 76.7 Å². The number of primary amides is 1. The van der Waals surface area contributed by atoms with Gasteiger partial charge in [-0.1, -0.05) is 67.1 Å². The minimum absolute atomic E-state index is 0.00303. The summed E-state index contributed by atoms with van der Waals surface area (Å²) in [6.07, 6.45) is -1.23. The van der Waals surface area contributed by atoms with Crippen molar-refractivity contribution in [2.24, 2.45) is 5.73 Å². The monoisotopic (exact) mass is 1670 g/mol. The van der Waals surface area contributed by atoms with Gasteiger partial charge in [0.05, 0.1) is 69.2 Å². The molecular weight excluding hydrogens is 1570 g/mol. The summed E-state index contributed by atoms with van der Waals surface area (Å²) in [6.45, 7) is 6.98. The molecule has 2 aromatic heterocycles. The van der Waals surface area contributed by atoms with Gasteiger partial charge >= 0.3 is 11.9 Å². The number of hydrogen-bond donors (Lipinski definition) is 17. The Morgan fingerprint density at radius 1 is 0.701 bits per heavy atom. The number of imidazole rings is 2. The number of likely N-dealkylation sites (tertiary alicyclic amines) is 1. The van der Waals surface area contributed by atoms with Crippen LogP contribution in [0, 0.1) is 12.7 Å². The smallest absolute Gasteiger partial charge is 0.305 e. The molecule has 0 aliphatic carbocycles. The third-order valence-electron chi connectivity index (χ3n) is 19.4. The number of rotatable bonds is 44. The number of aromatic nitrogens is 4. The summed E-state index contributed by atoms with van der Waals surface area (Å²) in [7, 11) is -2.48. The van der Waals surface area contributed by atoms with Crippen molar-refractivity contribution in [2.45, 2.75) is 184 Å². The standard InChI is InChI=1S/C77H98ClFN16O21S/c1-9-45-31-51(115-7)20-21-52(45)46-17-15-44(16-18-46)30-56(68(105)86-54(66(80)103)25-28-116-60-23-19-48(78)29-41(60)2)87-70(107)58(34-63(101)102)88-69(106)57(32-49-36-81-39-84-49)89-71(108)64(42(3)96)92-74(111)76(5,35-47-13-10-11-14-53(47)79)93-72(109)65(43(4)97)91-61(98)38-83-67(104)55(22-24-62(99)100)90-75(112)77(6)26-12-27-95(77)73(110)59(94-117(8,113)114)33-50-37-82-40-85-50/h10-11,13-21,23,29,31,36-37,39-40,42-43,54-59,64-65,94,96-97H,9,12,22,24-28,30,32-35,38H2,1-8H3,(H2,80,103)(H,81,84)(H,82,85)(H,83,104)(H,86,105)(H,87,107)(H,88,106)(H,89,108)(H,90,112)(H,91,98)(H,92,111)(H,93,109)(H,99,100)(H,101,102)/t42-,43-,54+,55+,56+,57+,58+,59+,64+,65+,76-,77-/m1/s1. The van der Waals surface area contributed by atoms with Crippen LogP contribution in [0.3, 0.4) is 0 Å². The maximum absolute atomic E-state index is 15.7. The molecular formula is C77H98ClFN16O21S. The highest BCUT2D eigenvalue weighted by molar-refractivity contribution is 7.88. The molecule has 4 aromatic carbocycles. The largest absolute Gasteiger partial charge is 0.497 e. The number of hydrogen-bond acceptors (Lipinski definition) is 21. The van der Waals surface area contributed by atoms with E-state index < -0.39 is 203 Å². The van der Waals surface area contributed by atoms with Gasteiger partial charge in [0.15, 0.2) is 0 Å². The minimum Gasteiger partial charge on any atom is -0.497 e. The van der Waals surface area contributed by atoms with E-state index in [1.807, 2.05) is 19.1 Å². The first kappa shape index (κ1) is 92.2. The van der Waals surface area contributed by atoms with Crippen LogP contribution < -0.4 is 67.8 Å². The number of aromatic amines is 2. The van der Waals surface area contributed by atoms with Gasteiger partial charge in [0, 0.05) is 62.5 Å². The number of halogens is 2. The first-order valence-electron chi connectivity index (χ1n) is 37.2. The van der Waals surface area contributed by atoms with Crippen molar-refractivity contribution in [3.05, 3.63) is 154 Å². The maximum atomic E-state index is 15.7. The van der Waals surface area contributed by atoms with Crippen LogP contribution in [0.5, 0.6) is 11.5 Å². The summed E-state index contributed by atoms with van der Waals surface area (Å²) < 4.78 is 54.1. The van der Waals surface area contributed by atoms with Crippen LogP contribution in [-0.4, -0.2) is 235 Å². The number of amides is 11. The minimum atomic E-state index is -4.02. The molecule has 40 heteroatoms. The normalized spacial score (nSPS) is 16.4. The van der Waals surface area contributed by atoms with E-state index in [-0.39, 0.29) is 56.5 Å². The number of nitrogens with one attached hydrogen (secondary N) is 12. The van der Waals surface area contributed by atoms with Crippen molar-refractivity contribution in [2.75, 3.05) is 33.1 Å². The van der Waals surface area contributed by atoms with Crippen LogP contribution in [0.15, 0.2) is 110 Å². The van der Waals surface area contributed by atoms with Crippen LogP contribution in [0.2, 0.25) is 5.02 Å². The number of aliphatic hydroxyl groups excluding tert-OH is 2. The number of ether oxygens (including phenoxy) is 2. The molecule has 117 heavy (non-hydrogen) atoms. The number of methoxy groups -OCH3 is 1. The van der Waals surface area contributed by atoms with Gasteiger partial charge in [-0.2, -0.15) is 0 Å². The third-order valence-corrected chi connectivity index (χ3v) is 20.3. The molecule has 7 rings (SSSR count). The number of nitrogens with zero attached hydrogens (tertiary/aromatic N) is 3. The summed E-state index contributed by atoms with van der Waals surface area (Å²) in [5.74, 6) is -15.5. The number of sulfonamides is 1. The number of benzene rings is 4. The van der Waals surface area contributed by atoms with E-state index in [1.165, 1.54) is 50.2 Å². The summed E-state index contributed by atoms with van der Waals surface area (Å²) in [5, 5.41) is 64.0. The van der Waals surface area contributed by atoms with Crippen molar-refractivity contribution < 1.29 is 105 Å². The Balaban J connectivity index is 1.08.